The quantitative estimate of drug-likeness (QED) is 0.351. The number of benzene rings is 2. The van der Waals surface area contributed by atoms with Crippen molar-refractivity contribution in [2.24, 2.45) is 22.7 Å². The van der Waals surface area contributed by atoms with Crippen LogP contribution in [-0.4, -0.2) is 46.1 Å². The molecule has 2 unspecified atom stereocenters. The number of halogens is 3. The van der Waals surface area contributed by atoms with Gasteiger partial charge in [0, 0.05) is 30.4 Å². The van der Waals surface area contributed by atoms with Gasteiger partial charge in [-0.2, -0.15) is 13.2 Å². The third kappa shape index (κ3) is 4.58. The highest BCUT2D eigenvalue weighted by atomic mass is 19.4. The molecule has 2 fully saturated rings. The Hall–Kier alpha value is -4.74. The average Bonchev–Trinajstić information content (AvgIpc) is 3.30. The van der Waals surface area contributed by atoms with Gasteiger partial charge in [-0.3, -0.25) is 4.79 Å². The molecule has 7 rings (SSSR count). The minimum Gasteiger partial charge on any atom is -0.402 e. The second kappa shape index (κ2) is 9.43. The SMILES string of the molecule is CC1C2CN(c3cc(C(F)(F)F)cnc3-c3nnc(N[C@H]4N=C(c5ccccc5)c5ccccc5NC4=O)o3)CC12. The van der Waals surface area contributed by atoms with Gasteiger partial charge in [0.2, 0.25) is 6.17 Å². The van der Waals surface area contributed by atoms with E-state index in [0.717, 1.165) is 23.4 Å². The smallest absolute Gasteiger partial charge is 0.402 e. The Morgan fingerprint density at radius 1 is 1.02 bits per heavy atom. The molecule has 0 radical (unpaired) electrons. The second-order valence-electron chi connectivity index (χ2n) is 10.5. The molecule has 2 aliphatic heterocycles. The third-order valence-corrected chi connectivity index (χ3v) is 8.04. The van der Waals surface area contributed by atoms with E-state index in [-0.39, 0.29) is 17.6 Å². The molecule has 2 aromatic heterocycles. The van der Waals surface area contributed by atoms with Gasteiger partial charge in [0.05, 0.1) is 22.6 Å². The Labute approximate surface area is 232 Å². The Kier molecular flexibility index (Phi) is 5.80. The summed E-state index contributed by atoms with van der Waals surface area (Å²) in [6, 6.07) is 17.8. The standard InChI is InChI=1S/C29H24F3N7O2/c1-15-19-13-39(14-20(15)19)22-11-17(29(30,31)32)12-33-24(22)27-37-38-28(41-27)36-25-26(40)34-21-10-6-5-9-18(21)23(35-25)16-7-3-2-4-8-16/h2-12,15,19-20,25H,13-14H2,1H3,(H,34,40)(H,36,38)/t15?,19?,20?,25-/m1/s1. The third-order valence-electron chi connectivity index (χ3n) is 8.04. The van der Waals surface area contributed by atoms with E-state index in [0.29, 0.717) is 47.9 Å². The molecular weight excluding hydrogens is 535 g/mol. The summed E-state index contributed by atoms with van der Waals surface area (Å²) in [6.07, 6.45) is -4.91. The van der Waals surface area contributed by atoms with E-state index in [1.165, 1.54) is 0 Å². The van der Waals surface area contributed by atoms with Crippen LogP contribution in [0, 0.1) is 17.8 Å². The van der Waals surface area contributed by atoms with Crippen molar-refractivity contribution in [1.82, 2.24) is 15.2 Å². The number of para-hydroxylation sites is 1. The number of alkyl halides is 3. The summed E-state index contributed by atoms with van der Waals surface area (Å²) in [7, 11) is 0. The number of amides is 1. The number of piperidine rings is 1. The normalized spacial score (nSPS) is 23.3. The topological polar surface area (TPSA) is 109 Å². The number of pyridine rings is 1. The number of hydrogen-bond donors (Lipinski definition) is 2. The van der Waals surface area contributed by atoms with Crippen molar-refractivity contribution in [1.29, 1.82) is 0 Å². The highest BCUT2D eigenvalue weighted by Crippen LogP contribution is 2.53. The van der Waals surface area contributed by atoms with E-state index in [9.17, 15) is 18.0 Å². The fourth-order valence-electron chi connectivity index (χ4n) is 5.71. The van der Waals surface area contributed by atoms with Gasteiger partial charge in [0.25, 0.3) is 11.8 Å². The minimum atomic E-state index is -4.54. The number of fused-ring (bicyclic) bond motifs is 2. The van der Waals surface area contributed by atoms with Gasteiger partial charge in [-0.05, 0) is 29.9 Å². The zero-order chi connectivity index (χ0) is 28.3. The zero-order valence-corrected chi connectivity index (χ0v) is 21.8. The van der Waals surface area contributed by atoms with Gasteiger partial charge < -0.3 is 20.0 Å². The van der Waals surface area contributed by atoms with Crippen LogP contribution in [-0.2, 0) is 11.0 Å². The van der Waals surface area contributed by atoms with E-state index >= 15 is 0 Å². The van der Waals surface area contributed by atoms with Gasteiger partial charge in [0.1, 0.15) is 0 Å². The summed E-state index contributed by atoms with van der Waals surface area (Å²) in [5.74, 6) is 0.959. The molecule has 0 spiro atoms. The number of benzodiazepines with no additional fused rings is 1. The molecule has 1 saturated carbocycles. The monoisotopic (exact) mass is 559 g/mol. The van der Waals surface area contributed by atoms with Gasteiger partial charge in [-0.25, -0.2) is 9.98 Å². The van der Waals surface area contributed by atoms with E-state index < -0.39 is 23.8 Å². The van der Waals surface area contributed by atoms with Crippen LogP contribution < -0.4 is 15.5 Å². The minimum absolute atomic E-state index is 0.0607. The predicted molar refractivity (Wildman–Crippen MR) is 145 cm³/mol. The maximum atomic E-state index is 13.6. The fourth-order valence-corrected chi connectivity index (χ4v) is 5.71. The van der Waals surface area contributed by atoms with Crippen LogP contribution in [0.2, 0.25) is 0 Å². The predicted octanol–water partition coefficient (Wildman–Crippen LogP) is 5.08. The van der Waals surface area contributed by atoms with Crippen molar-refractivity contribution in [2.75, 3.05) is 28.6 Å². The molecule has 208 valence electrons. The number of carbonyl (C=O) groups is 1. The first-order valence-corrected chi connectivity index (χ1v) is 13.2. The molecule has 4 aromatic rings. The molecule has 1 saturated heterocycles. The van der Waals surface area contributed by atoms with Crippen molar-refractivity contribution < 1.29 is 22.4 Å². The first-order chi connectivity index (χ1) is 19.8. The summed E-state index contributed by atoms with van der Waals surface area (Å²) in [5, 5.41) is 13.8. The van der Waals surface area contributed by atoms with Crippen LogP contribution in [0.15, 0.2) is 76.3 Å². The summed E-state index contributed by atoms with van der Waals surface area (Å²) < 4.78 is 46.5. The Morgan fingerprint density at radius 3 is 2.51 bits per heavy atom. The number of nitrogens with one attached hydrogen (secondary N) is 2. The molecule has 3 atom stereocenters. The second-order valence-corrected chi connectivity index (χ2v) is 10.5. The van der Waals surface area contributed by atoms with Crippen LogP contribution in [0.4, 0.5) is 30.6 Å². The van der Waals surface area contributed by atoms with Gasteiger partial charge >= 0.3 is 12.2 Å². The molecule has 9 nitrogen and oxygen atoms in total. The number of nitrogens with zero attached hydrogens (tertiary/aromatic N) is 5. The molecule has 12 heteroatoms. The highest BCUT2D eigenvalue weighted by Gasteiger charge is 2.53. The maximum Gasteiger partial charge on any atom is 0.417 e. The molecule has 0 bridgehead atoms. The Morgan fingerprint density at radius 2 is 1.76 bits per heavy atom. The first-order valence-electron chi connectivity index (χ1n) is 13.2. The number of hydrogen-bond acceptors (Lipinski definition) is 8. The summed E-state index contributed by atoms with van der Waals surface area (Å²) in [4.78, 5) is 23.9. The maximum absolute atomic E-state index is 13.6. The molecule has 41 heavy (non-hydrogen) atoms. The highest BCUT2D eigenvalue weighted by molar-refractivity contribution is 6.19. The van der Waals surface area contributed by atoms with E-state index in [2.05, 4.69) is 32.7 Å². The average molecular weight is 560 g/mol. The molecule has 3 aliphatic rings. The largest absolute Gasteiger partial charge is 0.417 e. The summed E-state index contributed by atoms with van der Waals surface area (Å²) in [5.41, 5.74) is 2.35. The molecule has 1 amide bonds. The van der Waals surface area contributed by atoms with Crippen molar-refractivity contribution in [3.8, 4) is 11.6 Å². The first kappa shape index (κ1) is 25.2. The lowest BCUT2D eigenvalue weighted by Crippen LogP contribution is -2.32. The van der Waals surface area contributed by atoms with Gasteiger partial charge in [0.15, 0.2) is 5.69 Å². The van der Waals surface area contributed by atoms with Crippen LogP contribution in [0.5, 0.6) is 0 Å². The van der Waals surface area contributed by atoms with Crippen molar-refractivity contribution in [3.63, 3.8) is 0 Å². The molecule has 4 heterocycles. The van der Waals surface area contributed by atoms with Crippen molar-refractivity contribution in [2.45, 2.75) is 19.3 Å². The molecule has 2 aromatic carbocycles. The zero-order valence-electron chi connectivity index (χ0n) is 21.8. The Bertz CT molecular complexity index is 1660. The molecule has 1 aliphatic carbocycles. The molecular formula is C29H24F3N7O2. The number of carbonyl (C=O) groups excluding carboxylic acids is 1. The van der Waals surface area contributed by atoms with E-state index in [4.69, 9.17) is 9.41 Å². The lowest BCUT2D eigenvalue weighted by Gasteiger charge is -2.23. The van der Waals surface area contributed by atoms with Crippen LogP contribution >= 0.6 is 0 Å². The van der Waals surface area contributed by atoms with Crippen molar-refractivity contribution >= 4 is 29.0 Å². The Balaban J connectivity index is 1.21. The number of anilines is 3. The molecule has 2 N–H and O–H groups in total. The number of aliphatic imine (C=N–C) groups is 1. The number of rotatable bonds is 5. The van der Waals surface area contributed by atoms with E-state index in [1.807, 2.05) is 53.4 Å². The van der Waals surface area contributed by atoms with Crippen LogP contribution in [0.25, 0.3) is 11.6 Å². The van der Waals surface area contributed by atoms with Gasteiger partial charge in [-0.1, -0.05) is 60.6 Å². The lowest BCUT2D eigenvalue weighted by molar-refractivity contribution is -0.137. The van der Waals surface area contributed by atoms with Gasteiger partial charge in [-0.15, -0.1) is 5.10 Å². The van der Waals surface area contributed by atoms with Crippen LogP contribution in [0.3, 0.4) is 0 Å². The van der Waals surface area contributed by atoms with Crippen molar-refractivity contribution in [3.05, 3.63) is 83.6 Å². The number of aromatic nitrogens is 3. The van der Waals surface area contributed by atoms with Crippen LogP contribution in [0.1, 0.15) is 23.6 Å². The summed E-state index contributed by atoms with van der Waals surface area (Å²) in [6.45, 7) is 3.43. The lowest BCUT2D eigenvalue weighted by atomic mass is 10.0. The fraction of sp³-hybridized carbons (Fsp3) is 0.276. The van der Waals surface area contributed by atoms with E-state index in [1.54, 1.807) is 6.07 Å². The summed E-state index contributed by atoms with van der Waals surface area (Å²) >= 11 is 0.